The van der Waals surface area contributed by atoms with E-state index in [2.05, 4.69) is 50.9 Å². The maximum atomic E-state index is 4.63. The molecular weight excluding hydrogens is 226 g/mol. The standard InChI is InChI=1S/C13H17NS.C2H6/c1-8(2)10-5-6-11-12(7-10)15-13(14-11)9(3)4;1-2/h5-9H,1-4H3;1-2H3. The molecule has 2 rings (SSSR count). The van der Waals surface area contributed by atoms with E-state index < -0.39 is 0 Å². The van der Waals surface area contributed by atoms with Crippen LogP contribution in [0.3, 0.4) is 0 Å². The highest BCUT2D eigenvalue weighted by Crippen LogP contribution is 2.29. The molecule has 0 atom stereocenters. The molecule has 2 heteroatoms. The molecule has 0 radical (unpaired) electrons. The molecule has 0 aliphatic carbocycles. The zero-order valence-corrected chi connectivity index (χ0v) is 12.6. The number of nitrogens with zero attached hydrogens (tertiary/aromatic N) is 1. The molecule has 0 N–H and O–H groups in total. The fourth-order valence-electron chi connectivity index (χ4n) is 1.57. The second kappa shape index (κ2) is 6.15. The predicted molar refractivity (Wildman–Crippen MR) is 79.1 cm³/mol. The minimum absolute atomic E-state index is 0.532. The van der Waals surface area contributed by atoms with Crippen LogP contribution in [-0.2, 0) is 0 Å². The summed E-state index contributed by atoms with van der Waals surface area (Å²) in [7, 11) is 0. The van der Waals surface area contributed by atoms with Gasteiger partial charge in [-0.2, -0.15) is 0 Å². The van der Waals surface area contributed by atoms with Crippen molar-refractivity contribution >= 4 is 21.6 Å². The van der Waals surface area contributed by atoms with E-state index in [1.54, 1.807) is 0 Å². The Morgan fingerprint density at radius 3 is 2.18 bits per heavy atom. The first-order valence-corrected chi connectivity index (χ1v) is 7.30. The number of hydrogen-bond donors (Lipinski definition) is 0. The molecule has 0 amide bonds. The summed E-state index contributed by atoms with van der Waals surface area (Å²) in [6.45, 7) is 12.8. The van der Waals surface area contributed by atoms with Crippen molar-refractivity contribution in [3.8, 4) is 0 Å². The predicted octanol–water partition coefficient (Wildman–Crippen LogP) is 5.57. The number of benzene rings is 1. The summed E-state index contributed by atoms with van der Waals surface area (Å²) in [5.41, 5.74) is 2.55. The van der Waals surface area contributed by atoms with Crippen molar-refractivity contribution in [3.05, 3.63) is 28.8 Å². The maximum Gasteiger partial charge on any atom is 0.0963 e. The highest BCUT2D eigenvalue weighted by molar-refractivity contribution is 7.18. The number of thiazole rings is 1. The van der Waals surface area contributed by atoms with E-state index in [1.807, 2.05) is 25.2 Å². The number of aromatic nitrogens is 1. The third kappa shape index (κ3) is 3.29. The van der Waals surface area contributed by atoms with Gasteiger partial charge in [-0.15, -0.1) is 11.3 Å². The largest absolute Gasteiger partial charge is 0.241 e. The second-order valence-electron chi connectivity index (χ2n) is 4.59. The summed E-state index contributed by atoms with van der Waals surface area (Å²) < 4.78 is 1.32. The van der Waals surface area contributed by atoms with Crippen LogP contribution < -0.4 is 0 Å². The smallest absolute Gasteiger partial charge is 0.0963 e. The van der Waals surface area contributed by atoms with E-state index in [4.69, 9.17) is 0 Å². The summed E-state index contributed by atoms with van der Waals surface area (Å²) in [4.78, 5) is 4.63. The van der Waals surface area contributed by atoms with Crippen molar-refractivity contribution in [2.45, 2.75) is 53.4 Å². The van der Waals surface area contributed by atoms with E-state index in [1.165, 1.54) is 15.3 Å². The fourth-order valence-corrected chi connectivity index (χ4v) is 2.58. The van der Waals surface area contributed by atoms with Gasteiger partial charge >= 0.3 is 0 Å². The molecule has 1 heterocycles. The van der Waals surface area contributed by atoms with Crippen LogP contribution in [0.25, 0.3) is 10.2 Å². The molecule has 0 aliphatic heterocycles. The van der Waals surface area contributed by atoms with Gasteiger partial charge in [0.1, 0.15) is 0 Å². The first kappa shape index (κ1) is 14.2. The van der Waals surface area contributed by atoms with Crippen molar-refractivity contribution in [1.29, 1.82) is 0 Å². The molecule has 17 heavy (non-hydrogen) atoms. The van der Waals surface area contributed by atoms with Crippen LogP contribution in [0.15, 0.2) is 18.2 Å². The number of rotatable bonds is 2. The molecule has 1 aromatic carbocycles. The zero-order chi connectivity index (χ0) is 13.0. The monoisotopic (exact) mass is 249 g/mol. The molecule has 94 valence electrons. The summed E-state index contributed by atoms with van der Waals surface area (Å²) in [5.74, 6) is 1.13. The van der Waals surface area contributed by atoms with Crippen LogP contribution in [0.4, 0.5) is 0 Å². The van der Waals surface area contributed by atoms with Gasteiger partial charge in [-0.1, -0.05) is 47.6 Å². The molecule has 1 nitrogen and oxygen atoms in total. The minimum atomic E-state index is 0.532. The average Bonchev–Trinajstić information content (AvgIpc) is 2.74. The SMILES string of the molecule is CC.CC(C)c1ccc2nc(C(C)C)sc2c1. The molecular formula is C15H23NS. The fraction of sp³-hybridized carbons (Fsp3) is 0.533. The van der Waals surface area contributed by atoms with Gasteiger partial charge in [0.25, 0.3) is 0 Å². The minimum Gasteiger partial charge on any atom is -0.241 e. The Kier molecular flexibility index (Phi) is 5.13. The van der Waals surface area contributed by atoms with E-state index in [9.17, 15) is 0 Å². The third-order valence-electron chi connectivity index (χ3n) is 2.59. The lowest BCUT2D eigenvalue weighted by atomic mass is 10.0. The van der Waals surface area contributed by atoms with Crippen LogP contribution in [0.5, 0.6) is 0 Å². The highest BCUT2D eigenvalue weighted by Gasteiger charge is 2.08. The molecule has 0 saturated heterocycles. The summed E-state index contributed by atoms with van der Waals surface area (Å²) >= 11 is 1.83. The van der Waals surface area contributed by atoms with Crippen molar-refractivity contribution < 1.29 is 0 Å². The van der Waals surface area contributed by atoms with Crippen LogP contribution in [0.2, 0.25) is 0 Å². The topological polar surface area (TPSA) is 12.9 Å². The first-order chi connectivity index (χ1) is 8.08. The Morgan fingerprint density at radius 2 is 1.65 bits per heavy atom. The zero-order valence-electron chi connectivity index (χ0n) is 11.7. The van der Waals surface area contributed by atoms with E-state index >= 15 is 0 Å². The van der Waals surface area contributed by atoms with Gasteiger partial charge in [-0.25, -0.2) is 4.98 Å². The molecule has 0 bridgehead atoms. The second-order valence-corrected chi connectivity index (χ2v) is 5.65. The van der Waals surface area contributed by atoms with Crippen LogP contribution in [-0.4, -0.2) is 4.98 Å². The Bertz CT molecular complexity index is 463. The quantitative estimate of drug-likeness (QED) is 0.678. The van der Waals surface area contributed by atoms with Gasteiger partial charge in [-0.3, -0.25) is 0 Å². The molecule has 1 aromatic heterocycles. The van der Waals surface area contributed by atoms with Crippen LogP contribution in [0.1, 0.15) is 63.9 Å². The maximum absolute atomic E-state index is 4.63. The van der Waals surface area contributed by atoms with Gasteiger partial charge in [-0.05, 0) is 23.6 Å². The summed E-state index contributed by atoms with van der Waals surface area (Å²) in [6, 6.07) is 6.62. The molecule has 0 saturated carbocycles. The lowest BCUT2D eigenvalue weighted by Gasteiger charge is -2.03. The molecule has 0 aliphatic rings. The van der Waals surface area contributed by atoms with E-state index in [-0.39, 0.29) is 0 Å². The normalized spacial score (nSPS) is 10.8. The van der Waals surface area contributed by atoms with Gasteiger partial charge < -0.3 is 0 Å². The molecule has 0 unspecified atom stereocenters. The van der Waals surface area contributed by atoms with E-state index in [0.717, 1.165) is 5.52 Å². The highest BCUT2D eigenvalue weighted by atomic mass is 32.1. The van der Waals surface area contributed by atoms with Crippen molar-refractivity contribution in [3.63, 3.8) is 0 Å². The van der Waals surface area contributed by atoms with Crippen LogP contribution >= 0.6 is 11.3 Å². The summed E-state index contributed by atoms with van der Waals surface area (Å²) in [5, 5.41) is 1.24. The number of fused-ring (bicyclic) bond motifs is 1. The number of hydrogen-bond acceptors (Lipinski definition) is 2. The Labute approximate surface area is 109 Å². The Morgan fingerprint density at radius 1 is 1.00 bits per heavy atom. The van der Waals surface area contributed by atoms with Gasteiger partial charge in [0.2, 0.25) is 0 Å². The van der Waals surface area contributed by atoms with Crippen molar-refractivity contribution in [2.24, 2.45) is 0 Å². The Balaban J connectivity index is 0.000000686. The molecule has 0 spiro atoms. The summed E-state index contributed by atoms with van der Waals surface area (Å²) in [6.07, 6.45) is 0. The lowest BCUT2D eigenvalue weighted by Crippen LogP contribution is -1.85. The van der Waals surface area contributed by atoms with Gasteiger partial charge in [0.05, 0.1) is 15.2 Å². The van der Waals surface area contributed by atoms with Crippen LogP contribution in [0, 0.1) is 0 Å². The average molecular weight is 249 g/mol. The first-order valence-electron chi connectivity index (χ1n) is 6.48. The lowest BCUT2D eigenvalue weighted by molar-refractivity contribution is 0.856. The van der Waals surface area contributed by atoms with Crippen molar-refractivity contribution in [1.82, 2.24) is 4.98 Å². The van der Waals surface area contributed by atoms with Gasteiger partial charge in [0, 0.05) is 5.92 Å². The molecule has 2 aromatic rings. The Hall–Kier alpha value is -0.890. The molecule has 0 fully saturated rings. The van der Waals surface area contributed by atoms with Crippen molar-refractivity contribution in [2.75, 3.05) is 0 Å². The van der Waals surface area contributed by atoms with E-state index in [0.29, 0.717) is 11.8 Å². The van der Waals surface area contributed by atoms with Gasteiger partial charge in [0.15, 0.2) is 0 Å². The third-order valence-corrected chi connectivity index (χ3v) is 3.91.